The minimum atomic E-state index is 0.778. The quantitative estimate of drug-likeness (QED) is 0.851. The van der Waals surface area contributed by atoms with Crippen molar-refractivity contribution >= 4 is 23.2 Å². The molecule has 1 saturated heterocycles. The van der Waals surface area contributed by atoms with Gasteiger partial charge in [-0.25, -0.2) is 9.97 Å². The van der Waals surface area contributed by atoms with E-state index in [2.05, 4.69) is 31.9 Å². The molecular weight excluding hydrogens is 272 g/mol. The van der Waals surface area contributed by atoms with Crippen LogP contribution in [0.5, 0.6) is 0 Å². The molecule has 0 aliphatic carbocycles. The van der Waals surface area contributed by atoms with Gasteiger partial charge in [0, 0.05) is 49.3 Å². The lowest BCUT2D eigenvalue weighted by Gasteiger charge is -2.36. The Morgan fingerprint density at radius 2 is 1.45 bits per heavy atom. The van der Waals surface area contributed by atoms with Crippen LogP contribution in [-0.2, 0) is 0 Å². The van der Waals surface area contributed by atoms with Crippen LogP contribution < -0.4 is 9.80 Å². The van der Waals surface area contributed by atoms with Crippen molar-refractivity contribution < 1.29 is 0 Å². The average Bonchev–Trinajstić information content (AvgIpc) is 2.49. The van der Waals surface area contributed by atoms with Gasteiger partial charge in [-0.1, -0.05) is 11.6 Å². The summed E-state index contributed by atoms with van der Waals surface area (Å²) in [5, 5.41) is 0.778. The Morgan fingerprint density at radius 3 is 2.05 bits per heavy atom. The molecule has 3 rings (SSSR count). The minimum Gasteiger partial charge on any atom is -0.368 e. The Labute approximate surface area is 124 Å². The maximum absolute atomic E-state index is 5.92. The molecule has 0 bridgehead atoms. The molecule has 0 amide bonds. The smallest absolute Gasteiger partial charge is 0.225 e. The zero-order valence-electron chi connectivity index (χ0n) is 11.5. The highest BCUT2D eigenvalue weighted by atomic mass is 35.5. The molecule has 0 unspecified atom stereocenters. The summed E-state index contributed by atoms with van der Waals surface area (Å²) in [5.74, 6) is 0.825. The fourth-order valence-corrected chi connectivity index (χ4v) is 2.49. The second-order valence-corrected chi connectivity index (χ2v) is 5.45. The fourth-order valence-electron chi connectivity index (χ4n) is 2.37. The normalized spacial score (nSPS) is 15.5. The number of benzene rings is 1. The molecule has 1 fully saturated rings. The maximum atomic E-state index is 5.92. The molecular formula is C15H17ClN4. The number of aromatic nitrogens is 2. The van der Waals surface area contributed by atoms with Gasteiger partial charge in [-0.3, -0.25) is 0 Å². The Balaban J connectivity index is 1.64. The molecule has 20 heavy (non-hydrogen) atoms. The second-order valence-electron chi connectivity index (χ2n) is 5.01. The number of hydrogen-bond acceptors (Lipinski definition) is 4. The van der Waals surface area contributed by atoms with Gasteiger partial charge < -0.3 is 9.80 Å². The van der Waals surface area contributed by atoms with Crippen molar-refractivity contribution in [1.29, 1.82) is 0 Å². The number of anilines is 2. The van der Waals surface area contributed by atoms with Gasteiger partial charge in [0.25, 0.3) is 0 Å². The summed E-state index contributed by atoms with van der Waals surface area (Å²) in [6.45, 7) is 5.82. The molecule has 0 atom stereocenters. The number of halogens is 1. The summed E-state index contributed by atoms with van der Waals surface area (Å²) >= 11 is 5.92. The highest BCUT2D eigenvalue weighted by molar-refractivity contribution is 6.30. The van der Waals surface area contributed by atoms with E-state index in [1.54, 1.807) is 0 Å². The van der Waals surface area contributed by atoms with Crippen molar-refractivity contribution in [1.82, 2.24) is 9.97 Å². The molecule has 5 heteroatoms. The molecule has 2 aromatic rings. The summed E-state index contributed by atoms with van der Waals surface area (Å²) in [5.41, 5.74) is 2.31. The topological polar surface area (TPSA) is 32.3 Å². The lowest BCUT2D eigenvalue weighted by Crippen LogP contribution is -2.47. The SMILES string of the molecule is Cc1cnc(N2CCN(c3ccc(Cl)cc3)CC2)nc1. The van der Waals surface area contributed by atoms with Crippen LogP contribution in [-0.4, -0.2) is 36.1 Å². The van der Waals surface area contributed by atoms with Crippen molar-refractivity contribution in [3.63, 3.8) is 0 Å². The Morgan fingerprint density at radius 1 is 0.900 bits per heavy atom. The van der Waals surface area contributed by atoms with Gasteiger partial charge in [0.1, 0.15) is 0 Å². The van der Waals surface area contributed by atoms with E-state index in [4.69, 9.17) is 11.6 Å². The number of piperazine rings is 1. The zero-order valence-corrected chi connectivity index (χ0v) is 12.2. The third kappa shape index (κ3) is 2.85. The highest BCUT2D eigenvalue weighted by Crippen LogP contribution is 2.20. The molecule has 1 aromatic heterocycles. The summed E-state index contributed by atoms with van der Waals surface area (Å²) in [4.78, 5) is 13.4. The van der Waals surface area contributed by atoms with Crippen LogP contribution in [0.4, 0.5) is 11.6 Å². The van der Waals surface area contributed by atoms with Gasteiger partial charge in [0.2, 0.25) is 5.95 Å². The molecule has 1 aliphatic heterocycles. The zero-order chi connectivity index (χ0) is 13.9. The lowest BCUT2D eigenvalue weighted by atomic mass is 10.2. The summed E-state index contributed by atoms with van der Waals surface area (Å²) < 4.78 is 0. The van der Waals surface area contributed by atoms with E-state index in [-0.39, 0.29) is 0 Å². The third-order valence-corrected chi connectivity index (χ3v) is 3.77. The molecule has 2 heterocycles. The van der Waals surface area contributed by atoms with Crippen LogP contribution in [0.1, 0.15) is 5.56 Å². The average molecular weight is 289 g/mol. The maximum Gasteiger partial charge on any atom is 0.225 e. The first-order chi connectivity index (χ1) is 9.72. The predicted molar refractivity (Wildman–Crippen MR) is 82.6 cm³/mol. The van der Waals surface area contributed by atoms with Gasteiger partial charge in [0.15, 0.2) is 0 Å². The number of aryl methyl sites for hydroxylation is 1. The monoisotopic (exact) mass is 288 g/mol. The van der Waals surface area contributed by atoms with E-state index in [1.807, 2.05) is 31.5 Å². The van der Waals surface area contributed by atoms with Gasteiger partial charge in [-0.2, -0.15) is 0 Å². The molecule has 0 N–H and O–H groups in total. The Bertz CT molecular complexity index is 506. The third-order valence-electron chi connectivity index (χ3n) is 3.52. The lowest BCUT2D eigenvalue weighted by molar-refractivity contribution is 0.639. The number of nitrogens with zero attached hydrogens (tertiary/aromatic N) is 4. The van der Waals surface area contributed by atoms with Crippen LogP contribution in [0.3, 0.4) is 0 Å². The standard InChI is InChI=1S/C15H17ClN4/c1-12-10-17-15(18-11-12)20-8-6-19(7-9-20)14-4-2-13(16)3-5-14/h2-5,10-11H,6-9H2,1H3. The van der Waals surface area contributed by atoms with Crippen LogP contribution in [0.25, 0.3) is 0 Å². The first-order valence-electron chi connectivity index (χ1n) is 6.76. The second kappa shape index (κ2) is 5.67. The Hall–Kier alpha value is -1.81. The molecule has 0 saturated carbocycles. The molecule has 1 aliphatic rings. The van der Waals surface area contributed by atoms with Gasteiger partial charge >= 0.3 is 0 Å². The molecule has 104 valence electrons. The molecule has 0 radical (unpaired) electrons. The molecule has 4 nitrogen and oxygen atoms in total. The van der Waals surface area contributed by atoms with Crippen molar-refractivity contribution in [3.8, 4) is 0 Å². The first-order valence-corrected chi connectivity index (χ1v) is 7.14. The van der Waals surface area contributed by atoms with Gasteiger partial charge in [0.05, 0.1) is 0 Å². The van der Waals surface area contributed by atoms with Crippen molar-refractivity contribution in [2.45, 2.75) is 6.92 Å². The summed E-state index contributed by atoms with van der Waals surface area (Å²) in [7, 11) is 0. The predicted octanol–water partition coefficient (Wildman–Crippen LogP) is 2.77. The Kier molecular flexibility index (Phi) is 3.74. The fraction of sp³-hybridized carbons (Fsp3) is 0.333. The van der Waals surface area contributed by atoms with E-state index in [1.165, 1.54) is 5.69 Å². The summed E-state index contributed by atoms with van der Waals surface area (Å²) in [6.07, 6.45) is 3.74. The number of hydrogen-bond donors (Lipinski definition) is 0. The summed E-state index contributed by atoms with van der Waals surface area (Å²) in [6, 6.07) is 8.01. The van der Waals surface area contributed by atoms with Crippen LogP contribution in [0, 0.1) is 6.92 Å². The van der Waals surface area contributed by atoms with Crippen LogP contribution in [0.15, 0.2) is 36.7 Å². The van der Waals surface area contributed by atoms with Crippen LogP contribution >= 0.6 is 11.6 Å². The molecule has 1 aromatic carbocycles. The minimum absolute atomic E-state index is 0.778. The van der Waals surface area contributed by atoms with Crippen LogP contribution in [0.2, 0.25) is 5.02 Å². The van der Waals surface area contributed by atoms with E-state index in [0.29, 0.717) is 0 Å². The van der Waals surface area contributed by atoms with E-state index in [9.17, 15) is 0 Å². The molecule has 0 spiro atoms. The van der Waals surface area contributed by atoms with Crippen molar-refractivity contribution in [2.24, 2.45) is 0 Å². The van der Waals surface area contributed by atoms with E-state index >= 15 is 0 Å². The highest BCUT2D eigenvalue weighted by Gasteiger charge is 2.18. The van der Waals surface area contributed by atoms with Gasteiger partial charge in [-0.05, 0) is 36.8 Å². The van der Waals surface area contributed by atoms with Crippen molar-refractivity contribution in [2.75, 3.05) is 36.0 Å². The van der Waals surface area contributed by atoms with E-state index in [0.717, 1.165) is 42.7 Å². The van der Waals surface area contributed by atoms with Gasteiger partial charge in [-0.15, -0.1) is 0 Å². The first kappa shape index (κ1) is 13.2. The van der Waals surface area contributed by atoms with Crippen molar-refractivity contribution in [3.05, 3.63) is 47.2 Å². The number of rotatable bonds is 2. The van der Waals surface area contributed by atoms with E-state index < -0.39 is 0 Å². The largest absolute Gasteiger partial charge is 0.368 e.